The number of benzene rings is 1. The molecule has 2 heterocycles. The number of aromatic amines is 1. The summed E-state index contributed by atoms with van der Waals surface area (Å²) in [5, 5.41) is 10.3. The predicted molar refractivity (Wildman–Crippen MR) is 83.6 cm³/mol. The summed E-state index contributed by atoms with van der Waals surface area (Å²) in [5.41, 5.74) is 6.02. The van der Waals surface area contributed by atoms with Gasteiger partial charge in [-0.2, -0.15) is 5.10 Å². The normalized spacial score (nSPS) is 17.5. The molecule has 1 amide bonds. The third kappa shape index (κ3) is 2.46. The number of nitrogens with one attached hydrogen (secondary N) is 2. The molecule has 1 aromatic carbocycles. The highest BCUT2D eigenvalue weighted by atomic mass is 16.1. The Kier molecular flexibility index (Phi) is 3.53. The van der Waals surface area contributed by atoms with E-state index in [1.54, 1.807) is 0 Å². The van der Waals surface area contributed by atoms with Crippen LogP contribution >= 0.6 is 0 Å². The maximum absolute atomic E-state index is 12.0. The van der Waals surface area contributed by atoms with E-state index in [9.17, 15) is 4.79 Å². The van der Waals surface area contributed by atoms with E-state index >= 15 is 0 Å². The smallest absolute Gasteiger partial charge is 0.226 e. The van der Waals surface area contributed by atoms with Crippen molar-refractivity contribution < 1.29 is 4.79 Å². The molecular formula is C17H21N3O. The van der Waals surface area contributed by atoms with Crippen LogP contribution in [0.4, 0.5) is 5.82 Å². The first-order valence-corrected chi connectivity index (χ1v) is 7.54. The van der Waals surface area contributed by atoms with Crippen molar-refractivity contribution in [2.24, 2.45) is 0 Å². The van der Waals surface area contributed by atoms with Crippen molar-refractivity contribution in [2.45, 2.75) is 46.0 Å². The zero-order valence-electron chi connectivity index (χ0n) is 12.8. The molecular weight excluding hydrogens is 262 g/mol. The number of aryl methyl sites for hydroxylation is 3. The summed E-state index contributed by atoms with van der Waals surface area (Å²) in [4.78, 5) is 12.0. The van der Waals surface area contributed by atoms with Crippen LogP contribution in [0.25, 0.3) is 0 Å². The molecule has 2 aromatic rings. The Labute approximate surface area is 125 Å². The third-order valence-corrected chi connectivity index (χ3v) is 4.19. The Morgan fingerprint density at radius 1 is 1.33 bits per heavy atom. The number of H-pyrrole nitrogens is 1. The fourth-order valence-electron chi connectivity index (χ4n) is 3.17. The van der Waals surface area contributed by atoms with Gasteiger partial charge in [0.25, 0.3) is 0 Å². The molecule has 4 heteroatoms. The van der Waals surface area contributed by atoms with Gasteiger partial charge in [-0.15, -0.1) is 0 Å². The SMILES string of the molecule is CCCc1[nH]nc2c1[C@H](c1cc(C)ccc1C)CC(=O)N2. The monoisotopic (exact) mass is 283 g/mol. The Morgan fingerprint density at radius 3 is 2.90 bits per heavy atom. The number of carbonyl (C=O) groups is 1. The van der Waals surface area contributed by atoms with Crippen LogP contribution in [0.1, 0.15) is 53.6 Å². The van der Waals surface area contributed by atoms with Crippen LogP contribution in [0, 0.1) is 13.8 Å². The van der Waals surface area contributed by atoms with Gasteiger partial charge < -0.3 is 5.32 Å². The van der Waals surface area contributed by atoms with Crippen molar-refractivity contribution in [1.82, 2.24) is 10.2 Å². The molecule has 21 heavy (non-hydrogen) atoms. The Morgan fingerprint density at radius 2 is 2.14 bits per heavy atom. The number of rotatable bonds is 3. The van der Waals surface area contributed by atoms with Gasteiger partial charge in [0.15, 0.2) is 5.82 Å². The van der Waals surface area contributed by atoms with Crippen LogP contribution < -0.4 is 5.32 Å². The zero-order valence-corrected chi connectivity index (χ0v) is 12.8. The second-order valence-corrected chi connectivity index (χ2v) is 5.88. The molecule has 0 spiro atoms. The van der Waals surface area contributed by atoms with Gasteiger partial charge in [0.2, 0.25) is 5.91 Å². The van der Waals surface area contributed by atoms with Crippen LogP contribution in [0.5, 0.6) is 0 Å². The van der Waals surface area contributed by atoms with Crippen LogP contribution in [0.2, 0.25) is 0 Å². The van der Waals surface area contributed by atoms with Gasteiger partial charge in [0, 0.05) is 23.6 Å². The van der Waals surface area contributed by atoms with Gasteiger partial charge in [0.1, 0.15) is 0 Å². The van der Waals surface area contributed by atoms with E-state index in [2.05, 4.69) is 54.5 Å². The fourth-order valence-corrected chi connectivity index (χ4v) is 3.17. The summed E-state index contributed by atoms with van der Waals surface area (Å²) in [6.45, 7) is 6.36. The second kappa shape index (κ2) is 5.35. The van der Waals surface area contributed by atoms with Crippen molar-refractivity contribution in [3.63, 3.8) is 0 Å². The summed E-state index contributed by atoms with van der Waals surface area (Å²) in [6.07, 6.45) is 2.51. The molecule has 4 nitrogen and oxygen atoms in total. The molecule has 1 aliphatic rings. The first-order valence-electron chi connectivity index (χ1n) is 7.54. The third-order valence-electron chi connectivity index (χ3n) is 4.19. The number of nitrogens with zero attached hydrogens (tertiary/aromatic N) is 1. The van der Waals surface area contributed by atoms with Crippen LogP contribution in [-0.4, -0.2) is 16.1 Å². The Hall–Kier alpha value is -2.10. The first-order chi connectivity index (χ1) is 10.1. The van der Waals surface area contributed by atoms with Gasteiger partial charge in [-0.3, -0.25) is 9.89 Å². The summed E-state index contributed by atoms with van der Waals surface area (Å²) in [7, 11) is 0. The van der Waals surface area contributed by atoms with E-state index in [1.807, 2.05) is 0 Å². The van der Waals surface area contributed by atoms with Gasteiger partial charge in [0.05, 0.1) is 0 Å². The predicted octanol–water partition coefficient (Wildman–Crippen LogP) is 3.45. The molecule has 0 saturated carbocycles. The minimum absolute atomic E-state index is 0.0444. The van der Waals surface area contributed by atoms with Gasteiger partial charge >= 0.3 is 0 Å². The molecule has 110 valence electrons. The molecule has 0 saturated heterocycles. The minimum atomic E-state index is 0.0444. The van der Waals surface area contributed by atoms with Gasteiger partial charge in [-0.05, 0) is 31.4 Å². The van der Waals surface area contributed by atoms with Crippen molar-refractivity contribution in [1.29, 1.82) is 0 Å². The Balaban J connectivity index is 2.13. The molecule has 0 aliphatic carbocycles. The van der Waals surface area contributed by atoms with E-state index < -0.39 is 0 Å². The van der Waals surface area contributed by atoms with Crippen molar-refractivity contribution >= 4 is 11.7 Å². The summed E-state index contributed by atoms with van der Waals surface area (Å²) in [6, 6.07) is 6.45. The van der Waals surface area contributed by atoms with Gasteiger partial charge in [-0.1, -0.05) is 37.1 Å². The first kappa shape index (κ1) is 13.9. The van der Waals surface area contributed by atoms with Crippen molar-refractivity contribution in [3.05, 3.63) is 46.1 Å². The maximum Gasteiger partial charge on any atom is 0.226 e. The lowest BCUT2D eigenvalue weighted by molar-refractivity contribution is -0.116. The number of hydrogen-bond acceptors (Lipinski definition) is 2. The fraction of sp³-hybridized carbons (Fsp3) is 0.412. The van der Waals surface area contributed by atoms with Crippen molar-refractivity contribution in [3.8, 4) is 0 Å². The average molecular weight is 283 g/mol. The molecule has 0 fully saturated rings. The highest BCUT2D eigenvalue weighted by Crippen LogP contribution is 2.39. The van der Waals surface area contributed by atoms with E-state index in [1.165, 1.54) is 22.3 Å². The summed E-state index contributed by atoms with van der Waals surface area (Å²) in [5.74, 6) is 0.859. The second-order valence-electron chi connectivity index (χ2n) is 5.88. The molecule has 1 atom stereocenters. The molecule has 0 bridgehead atoms. The lowest BCUT2D eigenvalue weighted by atomic mass is 9.82. The van der Waals surface area contributed by atoms with Crippen LogP contribution in [0.15, 0.2) is 18.2 Å². The van der Waals surface area contributed by atoms with Gasteiger partial charge in [-0.25, -0.2) is 0 Å². The lowest BCUT2D eigenvalue weighted by Gasteiger charge is -2.25. The molecule has 0 radical (unpaired) electrons. The summed E-state index contributed by atoms with van der Waals surface area (Å²) < 4.78 is 0. The zero-order chi connectivity index (χ0) is 15.0. The largest absolute Gasteiger partial charge is 0.309 e. The summed E-state index contributed by atoms with van der Waals surface area (Å²) >= 11 is 0. The standard InChI is InChI=1S/C17H21N3O/c1-4-5-14-16-13(9-15(21)18-17(16)20-19-14)12-8-10(2)6-7-11(12)3/h6-8,13H,4-5,9H2,1-3H3,(H2,18,19,20,21)/t13-/m0/s1. The lowest BCUT2D eigenvalue weighted by Crippen LogP contribution is -2.24. The molecule has 1 aromatic heterocycles. The molecule has 3 rings (SSSR count). The number of fused-ring (bicyclic) bond motifs is 1. The van der Waals surface area contributed by atoms with E-state index in [-0.39, 0.29) is 11.8 Å². The molecule has 1 aliphatic heterocycles. The minimum Gasteiger partial charge on any atom is -0.309 e. The van der Waals surface area contributed by atoms with Crippen LogP contribution in [0.3, 0.4) is 0 Å². The van der Waals surface area contributed by atoms with Crippen LogP contribution in [-0.2, 0) is 11.2 Å². The average Bonchev–Trinajstić information content (AvgIpc) is 2.84. The Bertz CT molecular complexity index is 687. The molecule has 2 N–H and O–H groups in total. The van der Waals surface area contributed by atoms with E-state index in [0.717, 1.165) is 18.5 Å². The van der Waals surface area contributed by atoms with Crippen molar-refractivity contribution in [2.75, 3.05) is 5.32 Å². The highest BCUT2D eigenvalue weighted by Gasteiger charge is 2.31. The number of amides is 1. The quantitative estimate of drug-likeness (QED) is 0.906. The topological polar surface area (TPSA) is 57.8 Å². The van der Waals surface area contributed by atoms with E-state index in [4.69, 9.17) is 0 Å². The number of hydrogen-bond donors (Lipinski definition) is 2. The number of aromatic nitrogens is 2. The van der Waals surface area contributed by atoms with E-state index in [0.29, 0.717) is 12.2 Å². The molecule has 0 unspecified atom stereocenters. The number of anilines is 1. The maximum atomic E-state index is 12.0. The number of carbonyl (C=O) groups excluding carboxylic acids is 1. The highest BCUT2D eigenvalue weighted by molar-refractivity contribution is 5.94.